The van der Waals surface area contributed by atoms with Crippen LogP contribution < -0.4 is 5.32 Å². The van der Waals surface area contributed by atoms with Crippen molar-refractivity contribution >= 4 is 52.5 Å². The summed E-state index contributed by atoms with van der Waals surface area (Å²) >= 11 is 7.67. The van der Waals surface area contributed by atoms with Crippen molar-refractivity contribution in [3.63, 3.8) is 0 Å². The molecule has 1 saturated carbocycles. The van der Waals surface area contributed by atoms with E-state index in [2.05, 4.69) is 24.2 Å². The van der Waals surface area contributed by atoms with Crippen molar-refractivity contribution in [1.82, 2.24) is 4.90 Å². The fraction of sp³-hybridized carbons (Fsp3) is 0.556. The van der Waals surface area contributed by atoms with E-state index in [1.54, 1.807) is 23.9 Å². The van der Waals surface area contributed by atoms with Gasteiger partial charge < -0.3 is 10.2 Å². The summed E-state index contributed by atoms with van der Waals surface area (Å²) in [5.41, 5.74) is 0.783. The fourth-order valence-corrected chi connectivity index (χ4v) is 4.74. The topological polar surface area (TPSA) is 44.7 Å². The van der Waals surface area contributed by atoms with Gasteiger partial charge in [-0.1, -0.05) is 43.1 Å². The van der Waals surface area contributed by atoms with Gasteiger partial charge in [-0.25, -0.2) is 0 Å². The van der Waals surface area contributed by atoms with Gasteiger partial charge in [0.2, 0.25) is 5.91 Å². The zero-order valence-corrected chi connectivity index (χ0v) is 17.0. The van der Waals surface area contributed by atoms with Crippen LogP contribution in [-0.2, 0) is 4.79 Å². The smallest absolute Gasteiger partial charge is 0.226 e. The molecule has 7 heteroatoms. The Labute approximate surface area is 165 Å². The number of benzene rings is 1. The maximum Gasteiger partial charge on any atom is 0.226 e. The number of nitrogens with one attached hydrogen (secondary N) is 1. The minimum Gasteiger partial charge on any atom is -0.350 e. The third-order valence-corrected chi connectivity index (χ3v) is 6.31. The summed E-state index contributed by atoms with van der Waals surface area (Å²) in [6, 6.07) is 7.87. The Morgan fingerprint density at radius 2 is 1.96 bits per heavy atom. The van der Waals surface area contributed by atoms with Crippen LogP contribution >= 0.6 is 35.8 Å². The Kier molecular flexibility index (Phi) is 7.47. The average Bonchev–Trinajstić information content (AvgIpc) is 3.14. The van der Waals surface area contributed by atoms with Crippen molar-refractivity contribution in [1.29, 1.82) is 0 Å². The molecule has 2 unspecified atom stereocenters. The summed E-state index contributed by atoms with van der Waals surface area (Å²) in [4.78, 5) is 19.5. The molecule has 1 saturated heterocycles. The summed E-state index contributed by atoms with van der Waals surface area (Å²) in [5, 5.41) is 5.08. The van der Waals surface area contributed by atoms with Crippen LogP contribution in [0.15, 0.2) is 29.3 Å². The number of anilines is 1. The number of amidine groups is 1. The molecule has 1 N–H and O–H groups in total. The molecule has 1 aliphatic carbocycles. The Morgan fingerprint density at radius 3 is 2.60 bits per heavy atom. The Bertz CT molecular complexity index is 617. The largest absolute Gasteiger partial charge is 0.350 e. The van der Waals surface area contributed by atoms with Crippen LogP contribution in [0.3, 0.4) is 0 Å². The number of nitrogens with zero attached hydrogens (tertiary/aromatic N) is 2. The highest BCUT2D eigenvalue weighted by Crippen LogP contribution is 2.34. The molecule has 0 radical (unpaired) electrons. The van der Waals surface area contributed by atoms with Crippen LogP contribution in [0.1, 0.15) is 39.0 Å². The lowest BCUT2D eigenvalue weighted by molar-refractivity contribution is -0.117. The van der Waals surface area contributed by atoms with E-state index in [9.17, 15) is 4.79 Å². The van der Waals surface area contributed by atoms with Crippen LogP contribution in [0.25, 0.3) is 0 Å². The maximum absolute atomic E-state index is 12.4. The van der Waals surface area contributed by atoms with Gasteiger partial charge in [0.15, 0.2) is 5.17 Å². The number of halogens is 2. The second-order valence-corrected chi connectivity index (χ2v) is 8.39. The minimum absolute atomic E-state index is 0. The van der Waals surface area contributed by atoms with Gasteiger partial charge in [-0.05, 0) is 37.1 Å². The summed E-state index contributed by atoms with van der Waals surface area (Å²) in [5.74, 6) is 0.0312. The highest BCUT2D eigenvalue weighted by atomic mass is 35.5. The molecule has 0 bridgehead atoms. The summed E-state index contributed by atoms with van der Waals surface area (Å²) in [7, 11) is 2.06. The Morgan fingerprint density at radius 1 is 1.32 bits per heavy atom. The van der Waals surface area contributed by atoms with Gasteiger partial charge >= 0.3 is 0 Å². The second kappa shape index (κ2) is 9.15. The molecule has 1 amide bonds. The molecule has 0 aromatic heterocycles. The lowest BCUT2D eigenvalue weighted by atomic mass is 10.1. The van der Waals surface area contributed by atoms with Crippen molar-refractivity contribution in [3.8, 4) is 0 Å². The first-order valence-corrected chi connectivity index (χ1v) is 9.81. The summed E-state index contributed by atoms with van der Waals surface area (Å²) in [6.45, 7) is 2.18. The zero-order chi connectivity index (χ0) is 17.1. The number of thioether (sulfide) groups is 1. The lowest BCUT2D eigenvalue weighted by Gasteiger charge is -2.23. The van der Waals surface area contributed by atoms with Gasteiger partial charge in [-0.15, -0.1) is 12.4 Å². The van der Waals surface area contributed by atoms with Crippen LogP contribution in [0.5, 0.6) is 0 Å². The predicted molar refractivity (Wildman–Crippen MR) is 110 cm³/mol. The predicted octanol–water partition coefficient (Wildman–Crippen LogP) is 4.82. The van der Waals surface area contributed by atoms with Gasteiger partial charge in [-0.3, -0.25) is 9.79 Å². The van der Waals surface area contributed by atoms with Crippen molar-refractivity contribution in [2.45, 2.75) is 56.4 Å². The molecule has 1 aromatic rings. The van der Waals surface area contributed by atoms with Gasteiger partial charge in [0, 0.05) is 29.4 Å². The molecule has 4 nitrogen and oxygen atoms in total. The molecule has 0 spiro atoms. The highest BCUT2D eigenvalue weighted by Gasteiger charge is 2.36. The molecule has 1 aromatic carbocycles. The van der Waals surface area contributed by atoms with Crippen LogP contribution in [0.4, 0.5) is 5.69 Å². The molecule has 1 aliphatic heterocycles. The lowest BCUT2D eigenvalue weighted by Crippen LogP contribution is -2.36. The van der Waals surface area contributed by atoms with Gasteiger partial charge in [0.1, 0.15) is 0 Å². The van der Waals surface area contributed by atoms with E-state index in [0.717, 1.165) is 10.9 Å². The van der Waals surface area contributed by atoms with Gasteiger partial charge in [0.05, 0.1) is 12.1 Å². The molecule has 25 heavy (non-hydrogen) atoms. The van der Waals surface area contributed by atoms with Crippen LogP contribution in [0.2, 0.25) is 5.02 Å². The third-order valence-electron chi connectivity index (χ3n) is 4.77. The van der Waals surface area contributed by atoms with Crippen LogP contribution in [0, 0.1) is 0 Å². The number of aliphatic imine (C=N–C) groups is 1. The van der Waals surface area contributed by atoms with Gasteiger partial charge in [0.25, 0.3) is 0 Å². The van der Waals surface area contributed by atoms with Crippen LogP contribution in [-0.4, -0.2) is 40.4 Å². The van der Waals surface area contributed by atoms with E-state index in [1.165, 1.54) is 25.7 Å². The van der Waals surface area contributed by atoms with E-state index in [0.29, 0.717) is 22.7 Å². The first-order chi connectivity index (χ1) is 11.5. The molecule has 1 heterocycles. The highest BCUT2D eigenvalue weighted by molar-refractivity contribution is 8.14. The van der Waals surface area contributed by atoms with E-state index in [-0.39, 0.29) is 24.4 Å². The molecule has 138 valence electrons. The number of carbonyl (C=O) groups excluding carboxylic acids is 1. The number of hydrogen-bond donors (Lipinski definition) is 1. The SMILES string of the molecule is CC1SC(=NC2CCCC2)N(C)C1CC(=O)Nc1ccc(Cl)cc1.Cl. The number of hydrogen-bond acceptors (Lipinski definition) is 3. The van der Waals surface area contributed by atoms with Crippen molar-refractivity contribution in [2.75, 3.05) is 12.4 Å². The van der Waals surface area contributed by atoms with E-state index < -0.39 is 0 Å². The standard InChI is InChI=1S/C18H24ClN3OS.ClH/c1-12-16(11-17(23)20-15-9-7-13(19)8-10-15)22(2)18(24-12)21-14-5-3-4-6-14;/h7-10,12,14,16H,3-6,11H2,1-2H3,(H,20,23);1H. The molecule has 2 atom stereocenters. The van der Waals surface area contributed by atoms with Gasteiger partial charge in [-0.2, -0.15) is 0 Å². The molecular formula is C18H25Cl2N3OS. The van der Waals surface area contributed by atoms with Crippen molar-refractivity contribution in [3.05, 3.63) is 29.3 Å². The third kappa shape index (κ3) is 5.28. The van der Waals surface area contributed by atoms with E-state index in [4.69, 9.17) is 16.6 Å². The average molecular weight is 402 g/mol. The number of amides is 1. The normalized spacial score (nSPS) is 25.2. The van der Waals surface area contributed by atoms with Crippen molar-refractivity contribution in [2.24, 2.45) is 4.99 Å². The Hall–Kier alpha value is -0.910. The summed E-state index contributed by atoms with van der Waals surface area (Å²) < 4.78 is 0. The zero-order valence-electron chi connectivity index (χ0n) is 14.6. The molecule has 2 aliphatic rings. The fourth-order valence-electron chi connectivity index (χ4n) is 3.33. The van der Waals surface area contributed by atoms with E-state index in [1.807, 2.05) is 12.1 Å². The Balaban J connectivity index is 0.00000225. The van der Waals surface area contributed by atoms with Crippen molar-refractivity contribution < 1.29 is 4.79 Å². The maximum atomic E-state index is 12.4. The number of carbonyl (C=O) groups is 1. The molecule has 3 rings (SSSR count). The second-order valence-electron chi connectivity index (χ2n) is 6.61. The minimum atomic E-state index is 0. The quantitative estimate of drug-likeness (QED) is 0.785. The first-order valence-electron chi connectivity index (χ1n) is 8.55. The summed E-state index contributed by atoms with van der Waals surface area (Å²) in [6.07, 6.45) is 5.45. The first kappa shape index (κ1) is 20.4. The molecular weight excluding hydrogens is 377 g/mol. The van der Waals surface area contributed by atoms with E-state index >= 15 is 0 Å². The molecule has 2 fully saturated rings. The monoisotopic (exact) mass is 401 g/mol. The number of rotatable bonds is 4.